The molecular formula is C12H8BrFN2O3. The van der Waals surface area contributed by atoms with E-state index in [1.165, 1.54) is 18.2 Å². The lowest BCUT2D eigenvalue weighted by molar-refractivity contribution is -0.385. The largest absolute Gasteiger partial charge is 0.439 e. The molecule has 0 N–H and O–H groups in total. The van der Waals surface area contributed by atoms with E-state index in [0.29, 0.717) is 10.0 Å². The summed E-state index contributed by atoms with van der Waals surface area (Å²) in [6.45, 7) is 1.58. The Morgan fingerprint density at radius 2 is 2.11 bits per heavy atom. The summed E-state index contributed by atoms with van der Waals surface area (Å²) in [6, 6.07) is 5.49. The lowest BCUT2D eigenvalue weighted by Gasteiger charge is -2.06. The maximum absolute atomic E-state index is 13.2. The van der Waals surface area contributed by atoms with Gasteiger partial charge in [-0.3, -0.25) is 10.1 Å². The minimum atomic E-state index is -0.523. The number of aryl methyl sites for hydroxylation is 1. The van der Waals surface area contributed by atoms with Gasteiger partial charge in [-0.15, -0.1) is 0 Å². The number of halogens is 2. The topological polar surface area (TPSA) is 65.3 Å². The van der Waals surface area contributed by atoms with E-state index >= 15 is 0 Å². The van der Waals surface area contributed by atoms with E-state index < -0.39 is 10.7 Å². The fourth-order valence-electron chi connectivity index (χ4n) is 1.48. The van der Waals surface area contributed by atoms with Crippen molar-refractivity contribution in [1.82, 2.24) is 4.98 Å². The van der Waals surface area contributed by atoms with Crippen LogP contribution in [-0.4, -0.2) is 9.91 Å². The number of rotatable bonds is 3. The van der Waals surface area contributed by atoms with Crippen molar-refractivity contribution < 1.29 is 14.1 Å². The molecule has 98 valence electrons. The third-order valence-electron chi connectivity index (χ3n) is 2.31. The molecule has 2 rings (SSSR count). The van der Waals surface area contributed by atoms with E-state index in [1.54, 1.807) is 13.0 Å². The first kappa shape index (κ1) is 13.4. The molecule has 7 heteroatoms. The summed E-state index contributed by atoms with van der Waals surface area (Å²) in [5, 5.41) is 10.6. The van der Waals surface area contributed by atoms with Crippen LogP contribution in [0.2, 0.25) is 0 Å². The average Bonchev–Trinajstić information content (AvgIpc) is 2.26. The molecule has 0 spiro atoms. The zero-order valence-electron chi connectivity index (χ0n) is 9.76. The Kier molecular flexibility index (Phi) is 3.75. The first-order chi connectivity index (χ1) is 8.95. The molecule has 1 heterocycles. The summed E-state index contributed by atoms with van der Waals surface area (Å²) in [5.41, 5.74) is 0.332. The number of benzene rings is 1. The minimum absolute atomic E-state index is 0.0900. The van der Waals surface area contributed by atoms with Crippen LogP contribution in [0.25, 0.3) is 0 Å². The van der Waals surface area contributed by atoms with E-state index in [-0.39, 0.29) is 17.3 Å². The monoisotopic (exact) mass is 326 g/mol. The van der Waals surface area contributed by atoms with Crippen molar-refractivity contribution in [3.05, 3.63) is 56.4 Å². The molecule has 0 aliphatic carbocycles. The van der Waals surface area contributed by atoms with Crippen LogP contribution in [0, 0.1) is 22.9 Å². The van der Waals surface area contributed by atoms with Gasteiger partial charge >= 0.3 is 0 Å². The highest BCUT2D eigenvalue weighted by Crippen LogP contribution is 2.27. The second-order valence-corrected chi connectivity index (χ2v) is 4.69. The van der Waals surface area contributed by atoms with Gasteiger partial charge in [0.15, 0.2) is 0 Å². The van der Waals surface area contributed by atoms with Crippen LogP contribution in [0.1, 0.15) is 5.56 Å². The lowest BCUT2D eigenvalue weighted by atomic mass is 10.2. The van der Waals surface area contributed by atoms with Crippen molar-refractivity contribution in [2.75, 3.05) is 0 Å². The molecule has 0 unspecified atom stereocenters. The summed E-state index contributed by atoms with van der Waals surface area (Å²) in [4.78, 5) is 13.9. The number of nitrogens with zero attached hydrogens (tertiary/aromatic N) is 2. The predicted molar refractivity (Wildman–Crippen MR) is 69.8 cm³/mol. The van der Waals surface area contributed by atoms with Crippen molar-refractivity contribution in [2.24, 2.45) is 0 Å². The first-order valence-electron chi connectivity index (χ1n) is 5.20. The van der Waals surface area contributed by atoms with Gasteiger partial charge in [0.05, 0.1) is 4.92 Å². The van der Waals surface area contributed by atoms with E-state index in [9.17, 15) is 14.5 Å². The van der Waals surface area contributed by atoms with Crippen LogP contribution in [-0.2, 0) is 0 Å². The number of ether oxygens (including phenoxy) is 1. The molecule has 0 atom stereocenters. The van der Waals surface area contributed by atoms with Gasteiger partial charge in [-0.25, -0.2) is 9.37 Å². The van der Waals surface area contributed by atoms with Gasteiger partial charge in [0.2, 0.25) is 5.88 Å². The summed E-state index contributed by atoms with van der Waals surface area (Å²) in [6.07, 6.45) is 1.11. The molecule has 5 nitrogen and oxygen atoms in total. The number of pyridine rings is 1. The highest BCUT2D eigenvalue weighted by molar-refractivity contribution is 9.10. The Bertz CT molecular complexity index is 629. The highest BCUT2D eigenvalue weighted by atomic mass is 79.9. The standard InChI is InChI=1S/C12H8BrFN2O3/c1-7-2-12(15-6-11(7)16(17)18)19-10-4-8(13)3-9(14)5-10/h2-6H,1H3. The van der Waals surface area contributed by atoms with Gasteiger partial charge in [0, 0.05) is 22.2 Å². The summed E-state index contributed by atoms with van der Waals surface area (Å²) < 4.78 is 19.0. The Hall–Kier alpha value is -2.02. The van der Waals surface area contributed by atoms with Gasteiger partial charge in [-0.1, -0.05) is 15.9 Å². The van der Waals surface area contributed by atoms with Crippen LogP contribution in [0.3, 0.4) is 0 Å². The number of nitro groups is 1. The van der Waals surface area contributed by atoms with Crippen LogP contribution in [0.5, 0.6) is 11.6 Å². The van der Waals surface area contributed by atoms with Crippen LogP contribution in [0.4, 0.5) is 10.1 Å². The van der Waals surface area contributed by atoms with Gasteiger partial charge in [0.1, 0.15) is 17.8 Å². The van der Waals surface area contributed by atoms with Crippen LogP contribution < -0.4 is 4.74 Å². The molecule has 19 heavy (non-hydrogen) atoms. The molecule has 2 aromatic rings. The van der Waals surface area contributed by atoms with E-state index in [1.807, 2.05) is 0 Å². The molecule has 0 aliphatic rings. The maximum atomic E-state index is 13.2. The number of hydrogen-bond acceptors (Lipinski definition) is 4. The zero-order valence-corrected chi connectivity index (χ0v) is 11.3. The Balaban J connectivity index is 2.28. The third kappa shape index (κ3) is 3.25. The molecule has 1 aromatic heterocycles. The van der Waals surface area contributed by atoms with Crippen molar-refractivity contribution in [3.8, 4) is 11.6 Å². The minimum Gasteiger partial charge on any atom is -0.439 e. The summed E-state index contributed by atoms with van der Waals surface area (Å²) in [7, 11) is 0. The maximum Gasteiger partial charge on any atom is 0.290 e. The van der Waals surface area contributed by atoms with E-state index in [4.69, 9.17) is 4.74 Å². The second-order valence-electron chi connectivity index (χ2n) is 3.77. The fourth-order valence-corrected chi connectivity index (χ4v) is 1.92. The molecule has 0 saturated carbocycles. The van der Waals surface area contributed by atoms with Gasteiger partial charge < -0.3 is 4.74 Å². The van der Waals surface area contributed by atoms with Crippen molar-refractivity contribution in [3.63, 3.8) is 0 Å². The molecular weight excluding hydrogens is 319 g/mol. The normalized spacial score (nSPS) is 10.3. The SMILES string of the molecule is Cc1cc(Oc2cc(F)cc(Br)c2)ncc1[N+](=O)[O-]. The molecule has 0 aliphatic heterocycles. The van der Waals surface area contributed by atoms with E-state index in [0.717, 1.165) is 6.20 Å². The fraction of sp³-hybridized carbons (Fsp3) is 0.0833. The Morgan fingerprint density at radius 1 is 1.37 bits per heavy atom. The smallest absolute Gasteiger partial charge is 0.290 e. The quantitative estimate of drug-likeness (QED) is 0.631. The first-order valence-corrected chi connectivity index (χ1v) is 6.00. The summed E-state index contributed by atoms with van der Waals surface area (Å²) in [5.74, 6) is -0.0313. The third-order valence-corrected chi connectivity index (χ3v) is 2.77. The molecule has 0 fully saturated rings. The molecule has 0 saturated heterocycles. The molecule has 0 radical (unpaired) electrons. The van der Waals surface area contributed by atoms with E-state index in [2.05, 4.69) is 20.9 Å². The van der Waals surface area contributed by atoms with Gasteiger partial charge in [0.25, 0.3) is 5.69 Å². The van der Waals surface area contributed by atoms with Crippen molar-refractivity contribution >= 4 is 21.6 Å². The second kappa shape index (κ2) is 5.31. The Morgan fingerprint density at radius 3 is 2.68 bits per heavy atom. The number of aromatic nitrogens is 1. The van der Waals surface area contributed by atoms with Crippen LogP contribution in [0.15, 0.2) is 34.9 Å². The predicted octanol–water partition coefficient (Wildman–Crippen LogP) is 3.99. The molecule has 1 aromatic carbocycles. The van der Waals surface area contributed by atoms with Gasteiger partial charge in [-0.2, -0.15) is 0 Å². The number of hydrogen-bond donors (Lipinski definition) is 0. The molecule has 0 bridgehead atoms. The average molecular weight is 327 g/mol. The summed E-state index contributed by atoms with van der Waals surface area (Å²) >= 11 is 3.14. The van der Waals surface area contributed by atoms with Crippen molar-refractivity contribution in [1.29, 1.82) is 0 Å². The van der Waals surface area contributed by atoms with Crippen molar-refractivity contribution in [2.45, 2.75) is 6.92 Å². The Labute approximate surface area is 116 Å². The van der Waals surface area contributed by atoms with Gasteiger partial charge in [-0.05, 0) is 19.1 Å². The highest BCUT2D eigenvalue weighted by Gasteiger charge is 2.12. The van der Waals surface area contributed by atoms with Crippen LogP contribution >= 0.6 is 15.9 Å². The molecule has 0 amide bonds. The zero-order chi connectivity index (χ0) is 14.0. The lowest BCUT2D eigenvalue weighted by Crippen LogP contribution is -1.95.